The van der Waals surface area contributed by atoms with Crippen LogP contribution in [0.2, 0.25) is 0 Å². The summed E-state index contributed by atoms with van der Waals surface area (Å²) in [5, 5.41) is 10.4. The van der Waals surface area contributed by atoms with Gasteiger partial charge in [0.25, 0.3) is 11.1 Å². The highest BCUT2D eigenvalue weighted by Gasteiger charge is 2.14. The number of pyridine rings is 1. The van der Waals surface area contributed by atoms with E-state index < -0.39 is 5.82 Å². The van der Waals surface area contributed by atoms with Crippen molar-refractivity contribution < 1.29 is 13.6 Å². The monoisotopic (exact) mass is 408 g/mol. The first kappa shape index (κ1) is 16.6. The van der Waals surface area contributed by atoms with E-state index >= 15 is 0 Å². The van der Waals surface area contributed by atoms with Crippen LogP contribution in [0, 0.1) is 5.82 Å². The molecule has 0 aliphatic heterocycles. The lowest BCUT2D eigenvalue weighted by molar-refractivity contribution is -0.113. The quantitative estimate of drug-likeness (QED) is 0.647. The van der Waals surface area contributed by atoms with Crippen molar-refractivity contribution in [2.45, 2.75) is 5.22 Å². The lowest BCUT2D eigenvalue weighted by atomic mass is 10.2. The van der Waals surface area contributed by atoms with Crippen LogP contribution in [0.25, 0.3) is 11.5 Å². The van der Waals surface area contributed by atoms with Gasteiger partial charge in [0.15, 0.2) is 0 Å². The lowest BCUT2D eigenvalue weighted by Crippen LogP contribution is -2.14. The summed E-state index contributed by atoms with van der Waals surface area (Å²) >= 11 is 4.33. The lowest BCUT2D eigenvalue weighted by Gasteiger charge is -2.02. The minimum atomic E-state index is -0.447. The topological polar surface area (TPSA) is 80.9 Å². The van der Waals surface area contributed by atoms with Crippen LogP contribution in [0.4, 0.5) is 10.2 Å². The van der Waals surface area contributed by atoms with E-state index in [9.17, 15) is 9.18 Å². The number of hydrogen-bond donors (Lipinski definition) is 1. The Morgan fingerprint density at radius 2 is 2.08 bits per heavy atom. The normalized spacial score (nSPS) is 10.6. The summed E-state index contributed by atoms with van der Waals surface area (Å²) < 4.78 is 19.8. The van der Waals surface area contributed by atoms with Crippen molar-refractivity contribution in [3.63, 3.8) is 0 Å². The number of rotatable bonds is 5. The average molecular weight is 409 g/mol. The number of amides is 1. The number of thioether (sulfide) groups is 1. The maximum Gasteiger partial charge on any atom is 0.277 e. The zero-order chi connectivity index (χ0) is 16.9. The number of nitrogens with zero attached hydrogens (tertiary/aromatic N) is 3. The standard InChI is InChI=1S/C15H10BrFN4O2S/c16-9-5-6-12(18-7-9)19-13(22)8-24-15-21-20-14(23-15)10-3-1-2-4-11(10)17/h1-7H,8H2,(H,18,19,22). The third-order valence-corrected chi connectivity index (χ3v) is 4.12. The summed E-state index contributed by atoms with van der Waals surface area (Å²) in [4.78, 5) is 15.9. The molecule has 1 aromatic carbocycles. The maximum absolute atomic E-state index is 13.7. The van der Waals surface area contributed by atoms with Gasteiger partial charge in [-0.2, -0.15) is 0 Å². The molecular weight excluding hydrogens is 399 g/mol. The number of nitrogens with one attached hydrogen (secondary N) is 1. The van der Waals surface area contributed by atoms with Crippen molar-refractivity contribution in [3.8, 4) is 11.5 Å². The second kappa shape index (κ2) is 7.54. The summed E-state index contributed by atoms with van der Waals surface area (Å²) in [5.41, 5.74) is 0.223. The van der Waals surface area contributed by atoms with Crippen LogP contribution in [-0.2, 0) is 4.79 Å². The van der Waals surface area contributed by atoms with Gasteiger partial charge in [-0.25, -0.2) is 9.37 Å². The minimum absolute atomic E-state index is 0.0661. The zero-order valence-electron chi connectivity index (χ0n) is 12.1. The Labute approximate surface area is 149 Å². The molecule has 122 valence electrons. The Bertz CT molecular complexity index is 857. The largest absolute Gasteiger partial charge is 0.411 e. The Kier molecular flexibility index (Phi) is 5.21. The Morgan fingerprint density at radius 3 is 2.83 bits per heavy atom. The predicted molar refractivity (Wildman–Crippen MR) is 91.0 cm³/mol. The highest BCUT2D eigenvalue weighted by molar-refractivity contribution is 9.10. The van der Waals surface area contributed by atoms with Gasteiger partial charge in [0.2, 0.25) is 5.91 Å². The molecule has 3 rings (SSSR count). The van der Waals surface area contributed by atoms with Gasteiger partial charge < -0.3 is 9.73 Å². The van der Waals surface area contributed by atoms with Crippen LogP contribution in [0.3, 0.4) is 0 Å². The van der Waals surface area contributed by atoms with Gasteiger partial charge in [0.1, 0.15) is 11.6 Å². The molecule has 2 heterocycles. The third kappa shape index (κ3) is 4.18. The predicted octanol–water partition coefficient (Wildman–Crippen LogP) is 3.76. The molecule has 24 heavy (non-hydrogen) atoms. The van der Waals surface area contributed by atoms with Gasteiger partial charge in [0.05, 0.1) is 11.3 Å². The molecule has 2 aromatic heterocycles. The number of carbonyl (C=O) groups is 1. The van der Waals surface area contributed by atoms with Crippen LogP contribution < -0.4 is 5.32 Å². The summed E-state index contributed by atoms with van der Waals surface area (Å²) in [5.74, 6) is -0.124. The van der Waals surface area contributed by atoms with E-state index in [2.05, 4.69) is 36.4 Å². The van der Waals surface area contributed by atoms with E-state index in [0.29, 0.717) is 5.82 Å². The highest BCUT2D eigenvalue weighted by Crippen LogP contribution is 2.25. The molecule has 6 nitrogen and oxygen atoms in total. The van der Waals surface area contributed by atoms with Gasteiger partial charge in [-0.05, 0) is 40.2 Å². The highest BCUT2D eigenvalue weighted by atomic mass is 79.9. The van der Waals surface area contributed by atoms with Crippen molar-refractivity contribution in [2.24, 2.45) is 0 Å². The van der Waals surface area contributed by atoms with Crippen molar-refractivity contribution in [2.75, 3.05) is 11.1 Å². The van der Waals surface area contributed by atoms with Gasteiger partial charge in [0, 0.05) is 10.7 Å². The molecule has 0 unspecified atom stereocenters. The van der Waals surface area contributed by atoms with E-state index in [1.54, 1.807) is 36.5 Å². The van der Waals surface area contributed by atoms with Crippen molar-refractivity contribution >= 4 is 39.4 Å². The molecule has 1 N–H and O–H groups in total. The zero-order valence-corrected chi connectivity index (χ0v) is 14.5. The fraction of sp³-hybridized carbons (Fsp3) is 0.0667. The minimum Gasteiger partial charge on any atom is -0.411 e. The van der Waals surface area contributed by atoms with E-state index in [-0.39, 0.29) is 28.3 Å². The molecule has 0 bridgehead atoms. The van der Waals surface area contributed by atoms with Crippen LogP contribution in [-0.4, -0.2) is 26.8 Å². The Balaban J connectivity index is 1.58. The molecule has 0 radical (unpaired) electrons. The summed E-state index contributed by atoms with van der Waals surface area (Å²) in [7, 11) is 0. The van der Waals surface area contributed by atoms with Crippen molar-refractivity contribution in [3.05, 3.63) is 52.9 Å². The summed E-state index contributed by atoms with van der Waals surface area (Å²) in [6.45, 7) is 0. The Hall–Kier alpha value is -2.26. The first-order valence-corrected chi connectivity index (χ1v) is 8.52. The van der Waals surface area contributed by atoms with Gasteiger partial charge in [-0.3, -0.25) is 4.79 Å². The number of anilines is 1. The van der Waals surface area contributed by atoms with Gasteiger partial charge in [-0.1, -0.05) is 23.9 Å². The van der Waals surface area contributed by atoms with Crippen LogP contribution in [0.15, 0.2) is 56.7 Å². The van der Waals surface area contributed by atoms with Crippen LogP contribution in [0.1, 0.15) is 0 Å². The SMILES string of the molecule is O=C(CSc1nnc(-c2ccccc2F)o1)Nc1ccc(Br)cn1. The van der Waals surface area contributed by atoms with E-state index in [0.717, 1.165) is 16.2 Å². The van der Waals surface area contributed by atoms with Gasteiger partial charge in [-0.15, -0.1) is 10.2 Å². The Morgan fingerprint density at radius 1 is 1.25 bits per heavy atom. The third-order valence-electron chi connectivity index (χ3n) is 2.83. The molecular formula is C15H10BrFN4O2S. The van der Waals surface area contributed by atoms with Crippen LogP contribution >= 0.6 is 27.7 Å². The van der Waals surface area contributed by atoms with E-state index in [1.165, 1.54) is 6.07 Å². The molecule has 0 aliphatic carbocycles. The molecule has 1 amide bonds. The van der Waals surface area contributed by atoms with E-state index in [1.807, 2.05) is 0 Å². The van der Waals surface area contributed by atoms with Crippen molar-refractivity contribution in [1.29, 1.82) is 0 Å². The van der Waals surface area contributed by atoms with Gasteiger partial charge >= 0.3 is 0 Å². The number of aromatic nitrogens is 3. The second-order valence-corrected chi connectivity index (χ2v) is 6.39. The molecule has 0 saturated carbocycles. The first-order valence-electron chi connectivity index (χ1n) is 6.74. The number of hydrogen-bond acceptors (Lipinski definition) is 6. The summed E-state index contributed by atoms with van der Waals surface area (Å²) in [6.07, 6.45) is 1.58. The molecule has 0 atom stereocenters. The molecule has 0 spiro atoms. The second-order valence-electron chi connectivity index (χ2n) is 4.55. The smallest absolute Gasteiger partial charge is 0.277 e. The average Bonchev–Trinajstić information content (AvgIpc) is 3.04. The maximum atomic E-state index is 13.7. The van der Waals surface area contributed by atoms with Crippen molar-refractivity contribution in [1.82, 2.24) is 15.2 Å². The molecule has 0 saturated heterocycles. The molecule has 0 fully saturated rings. The van der Waals surface area contributed by atoms with E-state index in [4.69, 9.17) is 4.42 Å². The number of benzene rings is 1. The fourth-order valence-corrected chi connectivity index (χ4v) is 2.57. The molecule has 9 heteroatoms. The molecule has 3 aromatic rings. The number of carbonyl (C=O) groups excluding carboxylic acids is 1. The first-order chi connectivity index (χ1) is 11.6. The van der Waals surface area contributed by atoms with Crippen LogP contribution in [0.5, 0.6) is 0 Å². The molecule has 0 aliphatic rings. The number of halogens is 2. The summed E-state index contributed by atoms with van der Waals surface area (Å²) in [6, 6.07) is 9.55. The fourth-order valence-electron chi connectivity index (χ4n) is 1.77.